The third-order valence-electron chi connectivity index (χ3n) is 5.10. The van der Waals surface area contributed by atoms with Gasteiger partial charge in [0.05, 0.1) is 19.2 Å². The van der Waals surface area contributed by atoms with Crippen molar-refractivity contribution in [2.75, 3.05) is 32.8 Å². The van der Waals surface area contributed by atoms with Crippen LogP contribution < -0.4 is 0 Å². The lowest BCUT2D eigenvalue weighted by atomic mass is 9.86. The van der Waals surface area contributed by atoms with Crippen LogP contribution in [0.15, 0.2) is 60.7 Å². The molecule has 1 amide bonds. The zero-order valence-corrected chi connectivity index (χ0v) is 14.0. The molecule has 2 aromatic carbocycles. The van der Waals surface area contributed by atoms with Gasteiger partial charge in [-0.1, -0.05) is 60.7 Å². The van der Waals surface area contributed by atoms with Gasteiger partial charge in [0.15, 0.2) is 0 Å². The van der Waals surface area contributed by atoms with Crippen molar-refractivity contribution in [1.82, 2.24) is 9.80 Å². The van der Waals surface area contributed by atoms with Crippen molar-refractivity contribution < 1.29 is 14.6 Å². The molecule has 0 atom stereocenters. The van der Waals surface area contributed by atoms with Gasteiger partial charge >= 0.3 is 6.09 Å². The minimum absolute atomic E-state index is 0.164. The Hall–Kier alpha value is -2.37. The van der Waals surface area contributed by atoms with E-state index in [1.165, 1.54) is 16.0 Å². The molecule has 130 valence electrons. The summed E-state index contributed by atoms with van der Waals surface area (Å²) in [5, 5.41) is 9.28. The zero-order chi connectivity index (χ0) is 17.3. The molecule has 2 saturated heterocycles. The summed E-state index contributed by atoms with van der Waals surface area (Å²) in [4.78, 5) is 15.1. The second-order valence-electron chi connectivity index (χ2n) is 6.86. The van der Waals surface area contributed by atoms with Crippen molar-refractivity contribution in [3.05, 3.63) is 71.8 Å². The van der Waals surface area contributed by atoms with Gasteiger partial charge < -0.3 is 14.7 Å². The number of morpholine rings is 1. The minimum atomic E-state index is -0.858. The van der Waals surface area contributed by atoms with Gasteiger partial charge in [0, 0.05) is 19.6 Å². The number of amides is 1. The third-order valence-corrected chi connectivity index (χ3v) is 5.10. The first-order chi connectivity index (χ1) is 12.2. The van der Waals surface area contributed by atoms with E-state index in [4.69, 9.17) is 4.74 Å². The van der Waals surface area contributed by atoms with Crippen LogP contribution in [0.2, 0.25) is 0 Å². The van der Waals surface area contributed by atoms with Crippen LogP contribution in [0.1, 0.15) is 17.2 Å². The lowest BCUT2D eigenvalue weighted by molar-refractivity contribution is -0.185. The molecule has 0 bridgehead atoms. The molecule has 2 aliphatic rings. The number of hydrogen-bond acceptors (Lipinski definition) is 3. The monoisotopic (exact) mass is 338 g/mol. The number of likely N-dealkylation sites (tertiary alicyclic amines) is 1. The van der Waals surface area contributed by atoms with E-state index in [0.717, 1.165) is 13.1 Å². The molecule has 2 aromatic rings. The van der Waals surface area contributed by atoms with Gasteiger partial charge in [-0.15, -0.1) is 0 Å². The van der Waals surface area contributed by atoms with Crippen LogP contribution in [0.4, 0.5) is 4.79 Å². The van der Waals surface area contributed by atoms with Crippen molar-refractivity contribution >= 4 is 6.09 Å². The van der Waals surface area contributed by atoms with E-state index in [0.29, 0.717) is 19.7 Å². The summed E-state index contributed by atoms with van der Waals surface area (Å²) in [6.07, 6.45) is -0.858. The standard InChI is InChI=1S/C20H22N2O3/c23-19(24)21-11-12-25-20(13-21)14-22(15-20)18(16-7-3-1-4-8-16)17-9-5-2-6-10-17/h1-10,18H,11-15H2,(H,23,24). The normalized spacial score (nSPS) is 19.8. The highest BCUT2D eigenvalue weighted by molar-refractivity contribution is 5.65. The number of benzene rings is 2. The summed E-state index contributed by atoms with van der Waals surface area (Å²) < 4.78 is 5.99. The van der Waals surface area contributed by atoms with E-state index >= 15 is 0 Å². The SMILES string of the molecule is O=C(O)N1CCOC2(C1)CN(C(c1ccccc1)c1ccccc1)C2. The Morgan fingerprint density at radius 1 is 0.960 bits per heavy atom. The molecule has 5 nitrogen and oxygen atoms in total. The third kappa shape index (κ3) is 3.13. The molecule has 5 heteroatoms. The highest BCUT2D eigenvalue weighted by atomic mass is 16.5. The predicted octanol–water partition coefficient (Wildman–Crippen LogP) is 2.84. The quantitative estimate of drug-likeness (QED) is 0.935. The van der Waals surface area contributed by atoms with Crippen LogP contribution in [0.3, 0.4) is 0 Å². The smallest absolute Gasteiger partial charge is 0.407 e. The average Bonchev–Trinajstić information content (AvgIpc) is 2.63. The molecule has 0 saturated carbocycles. The van der Waals surface area contributed by atoms with E-state index in [1.807, 2.05) is 12.1 Å². The Labute approximate surface area is 147 Å². The first-order valence-electron chi connectivity index (χ1n) is 8.63. The fourth-order valence-electron chi connectivity index (χ4n) is 3.96. The van der Waals surface area contributed by atoms with Crippen LogP contribution in [-0.4, -0.2) is 59.4 Å². The van der Waals surface area contributed by atoms with Crippen LogP contribution in [0, 0.1) is 0 Å². The molecule has 0 unspecified atom stereocenters. The first kappa shape index (κ1) is 16.1. The largest absolute Gasteiger partial charge is 0.465 e. The van der Waals surface area contributed by atoms with E-state index in [-0.39, 0.29) is 11.6 Å². The van der Waals surface area contributed by atoms with Gasteiger partial charge in [0.1, 0.15) is 5.60 Å². The van der Waals surface area contributed by atoms with Crippen LogP contribution in [0.25, 0.3) is 0 Å². The second-order valence-corrected chi connectivity index (χ2v) is 6.86. The van der Waals surface area contributed by atoms with Gasteiger partial charge in [-0.3, -0.25) is 4.90 Å². The summed E-state index contributed by atoms with van der Waals surface area (Å²) >= 11 is 0. The molecule has 0 aromatic heterocycles. The number of carboxylic acid groups (broad SMARTS) is 1. The van der Waals surface area contributed by atoms with Crippen LogP contribution in [0.5, 0.6) is 0 Å². The molecular weight excluding hydrogens is 316 g/mol. The summed E-state index contributed by atoms with van der Waals surface area (Å²) in [7, 11) is 0. The van der Waals surface area contributed by atoms with Gasteiger partial charge in [-0.05, 0) is 11.1 Å². The minimum Gasteiger partial charge on any atom is -0.465 e. The van der Waals surface area contributed by atoms with Crippen LogP contribution >= 0.6 is 0 Å². The highest BCUT2D eigenvalue weighted by Gasteiger charge is 2.50. The molecule has 0 radical (unpaired) electrons. The second kappa shape index (κ2) is 6.50. The predicted molar refractivity (Wildman–Crippen MR) is 94.6 cm³/mol. The number of rotatable bonds is 3. The topological polar surface area (TPSA) is 53.0 Å². The molecule has 1 N–H and O–H groups in total. The van der Waals surface area contributed by atoms with Crippen molar-refractivity contribution in [1.29, 1.82) is 0 Å². The Bertz CT molecular complexity index is 690. The maximum absolute atomic E-state index is 11.3. The number of nitrogens with zero attached hydrogens (tertiary/aromatic N) is 2. The highest BCUT2D eigenvalue weighted by Crippen LogP contribution is 2.38. The Morgan fingerprint density at radius 2 is 1.52 bits per heavy atom. The Balaban J connectivity index is 1.56. The van der Waals surface area contributed by atoms with Crippen molar-refractivity contribution in [3.8, 4) is 0 Å². The fourth-order valence-corrected chi connectivity index (χ4v) is 3.96. The lowest BCUT2D eigenvalue weighted by Crippen LogP contribution is -2.70. The summed E-state index contributed by atoms with van der Waals surface area (Å²) in [6.45, 7) is 2.87. The molecule has 25 heavy (non-hydrogen) atoms. The van der Waals surface area contributed by atoms with E-state index in [9.17, 15) is 9.90 Å². The maximum atomic E-state index is 11.3. The molecule has 4 rings (SSSR count). The van der Waals surface area contributed by atoms with Gasteiger partial charge in [0.2, 0.25) is 0 Å². The summed E-state index contributed by atoms with van der Waals surface area (Å²) in [5.41, 5.74) is 2.13. The molecule has 1 spiro atoms. The van der Waals surface area contributed by atoms with Crippen molar-refractivity contribution in [3.63, 3.8) is 0 Å². The first-order valence-corrected chi connectivity index (χ1v) is 8.63. The fraction of sp³-hybridized carbons (Fsp3) is 0.350. The Morgan fingerprint density at radius 3 is 2.04 bits per heavy atom. The van der Waals surface area contributed by atoms with Gasteiger partial charge in [0.25, 0.3) is 0 Å². The number of ether oxygens (including phenoxy) is 1. The van der Waals surface area contributed by atoms with Crippen molar-refractivity contribution in [2.24, 2.45) is 0 Å². The van der Waals surface area contributed by atoms with E-state index in [1.54, 1.807) is 0 Å². The number of carbonyl (C=O) groups is 1. The maximum Gasteiger partial charge on any atom is 0.407 e. The summed E-state index contributed by atoms with van der Waals surface area (Å²) in [6, 6.07) is 21.0. The lowest BCUT2D eigenvalue weighted by Gasteiger charge is -2.55. The van der Waals surface area contributed by atoms with Crippen molar-refractivity contribution in [2.45, 2.75) is 11.6 Å². The van der Waals surface area contributed by atoms with E-state index < -0.39 is 6.09 Å². The van der Waals surface area contributed by atoms with E-state index in [2.05, 4.69) is 53.4 Å². The molecular formula is C20H22N2O3. The summed E-state index contributed by atoms with van der Waals surface area (Å²) in [5.74, 6) is 0. The van der Waals surface area contributed by atoms with Gasteiger partial charge in [-0.25, -0.2) is 4.79 Å². The van der Waals surface area contributed by atoms with Gasteiger partial charge in [-0.2, -0.15) is 0 Å². The molecule has 2 heterocycles. The number of hydrogen-bond donors (Lipinski definition) is 1. The Kier molecular flexibility index (Phi) is 4.19. The molecule has 0 aliphatic carbocycles. The molecule has 2 aliphatic heterocycles. The van der Waals surface area contributed by atoms with Crippen LogP contribution in [-0.2, 0) is 4.74 Å². The molecule has 2 fully saturated rings. The zero-order valence-electron chi connectivity index (χ0n) is 14.0. The average molecular weight is 338 g/mol.